The average molecular weight is 323 g/mol. The molecule has 1 amide bonds. The largest absolute Gasteiger partial charge is 0.294 e. The van der Waals surface area contributed by atoms with Crippen molar-refractivity contribution in [3.63, 3.8) is 0 Å². The van der Waals surface area contributed by atoms with Crippen LogP contribution in [0.3, 0.4) is 0 Å². The Bertz CT molecular complexity index is 372. The van der Waals surface area contributed by atoms with Gasteiger partial charge in [0.1, 0.15) is 5.82 Å². The van der Waals surface area contributed by atoms with Gasteiger partial charge in [-0.3, -0.25) is 9.69 Å². The fraction of sp³-hybridized carbons (Fsp3) is 0.333. The molecule has 0 saturated carbocycles. The number of hydrogen-bond donors (Lipinski definition) is 0. The Morgan fingerprint density at radius 2 is 2.43 bits per heavy atom. The lowest BCUT2D eigenvalue weighted by Gasteiger charge is -2.15. The molecule has 1 fully saturated rings. The fourth-order valence-corrected chi connectivity index (χ4v) is 2.35. The summed E-state index contributed by atoms with van der Waals surface area (Å²) in [7, 11) is 0. The van der Waals surface area contributed by atoms with Crippen LogP contribution < -0.4 is 4.90 Å². The number of pyridine rings is 1. The van der Waals surface area contributed by atoms with Gasteiger partial charge in [0.25, 0.3) is 0 Å². The Hall–Kier alpha value is -0.360. The first-order valence-electron chi connectivity index (χ1n) is 4.23. The van der Waals surface area contributed by atoms with Crippen LogP contribution >= 0.6 is 34.2 Å². The molecule has 2 rings (SSSR count). The zero-order valence-corrected chi connectivity index (χ0v) is 10.2. The van der Waals surface area contributed by atoms with Crippen molar-refractivity contribution in [2.75, 3.05) is 11.4 Å². The van der Waals surface area contributed by atoms with Crippen molar-refractivity contribution in [2.24, 2.45) is 0 Å². The third-order valence-corrected chi connectivity index (χ3v) is 3.21. The summed E-state index contributed by atoms with van der Waals surface area (Å²) in [5, 5.41) is -0.0830. The van der Waals surface area contributed by atoms with E-state index in [0.29, 0.717) is 13.0 Å². The number of amides is 1. The monoisotopic (exact) mass is 322 g/mol. The van der Waals surface area contributed by atoms with Crippen molar-refractivity contribution in [3.8, 4) is 0 Å². The summed E-state index contributed by atoms with van der Waals surface area (Å²) in [4.78, 5) is 17.4. The Kier molecular flexibility index (Phi) is 2.92. The molecule has 2 heterocycles. The Morgan fingerprint density at radius 3 is 3.00 bits per heavy atom. The van der Waals surface area contributed by atoms with Gasteiger partial charge in [-0.2, -0.15) is 0 Å². The van der Waals surface area contributed by atoms with E-state index in [9.17, 15) is 4.79 Å². The SMILES string of the molecule is O=C1CC(Cl)CN1c1ncccc1I. The van der Waals surface area contributed by atoms with Crippen molar-refractivity contribution < 1.29 is 4.79 Å². The van der Waals surface area contributed by atoms with E-state index in [2.05, 4.69) is 27.6 Å². The van der Waals surface area contributed by atoms with E-state index >= 15 is 0 Å². The minimum absolute atomic E-state index is 0.0571. The molecule has 1 aromatic rings. The summed E-state index contributed by atoms with van der Waals surface area (Å²) in [5.74, 6) is 0.780. The molecule has 0 radical (unpaired) electrons. The topological polar surface area (TPSA) is 33.2 Å². The first-order valence-corrected chi connectivity index (χ1v) is 5.75. The van der Waals surface area contributed by atoms with Crippen LogP contribution in [0.25, 0.3) is 0 Å². The normalized spacial score (nSPS) is 21.7. The van der Waals surface area contributed by atoms with Crippen LogP contribution in [0.5, 0.6) is 0 Å². The molecule has 74 valence electrons. The zero-order chi connectivity index (χ0) is 10.1. The standard InChI is InChI=1S/C9H8ClIN2O/c10-6-4-8(14)13(5-6)9-7(11)2-1-3-12-9/h1-3,6H,4-5H2. The highest BCUT2D eigenvalue weighted by Gasteiger charge is 2.30. The highest BCUT2D eigenvalue weighted by molar-refractivity contribution is 14.1. The summed E-state index contributed by atoms with van der Waals surface area (Å²) >= 11 is 8.08. The summed E-state index contributed by atoms with van der Waals surface area (Å²) < 4.78 is 0.976. The summed E-state index contributed by atoms with van der Waals surface area (Å²) in [6, 6.07) is 3.78. The molecule has 1 atom stereocenters. The lowest BCUT2D eigenvalue weighted by atomic mass is 10.4. The number of halogens is 2. The molecular formula is C9H8ClIN2O. The molecule has 0 aromatic carbocycles. The van der Waals surface area contributed by atoms with Crippen LogP contribution in [-0.2, 0) is 4.79 Å². The quantitative estimate of drug-likeness (QED) is 0.585. The molecule has 0 aliphatic carbocycles. The lowest BCUT2D eigenvalue weighted by molar-refractivity contribution is -0.117. The molecular weight excluding hydrogens is 314 g/mol. The fourth-order valence-electron chi connectivity index (χ4n) is 1.44. The zero-order valence-electron chi connectivity index (χ0n) is 7.28. The van der Waals surface area contributed by atoms with E-state index in [0.717, 1.165) is 9.39 Å². The highest BCUT2D eigenvalue weighted by Crippen LogP contribution is 2.25. The predicted molar refractivity (Wildman–Crippen MR) is 63.6 cm³/mol. The molecule has 1 unspecified atom stereocenters. The molecule has 3 nitrogen and oxygen atoms in total. The van der Waals surface area contributed by atoms with Crippen LogP contribution in [0.2, 0.25) is 0 Å². The van der Waals surface area contributed by atoms with Crippen LogP contribution in [0.15, 0.2) is 18.3 Å². The third-order valence-electron chi connectivity index (χ3n) is 2.07. The number of alkyl halides is 1. The van der Waals surface area contributed by atoms with Gasteiger partial charge in [0.15, 0.2) is 0 Å². The number of rotatable bonds is 1. The highest BCUT2D eigenvalue weighted by atomic mass is 127. The van der Waals surface area contributed by atoms with Crippen LogP contribution in [0.4, 0.5) is 5.82 Å². The maximum Gasteiger partial charge on any atom is 0.229 e. The van der Waals surface area contributed by atoms with Gasteiger partial charge in [-0.1, -0.05) is 0 Å². The minimum atomic E-state index is -0.0830. The van der Waals surface area contributed by atoms with Crippen molar-refractivity contribution in [2.45, 2.75) is 11.8 Å². The molecule has 0 bridgehead atoms. The molecule has 14 heavy (non-hydrogen) atoms. The smallest absolute Gasteiger partial charge is 0.229 e. The van der Waals surface area contributed by atoms with E-state index in [-0.39, 0.29) is 11.3 Å². The second-order valence-electron chi connectivity index (χ2n) is 3.11. The molecule has 1 aliphatic heterocycles. The number of hydrogen-bond acceptors (Lipinski definition) is 2. The van der Waals surface area contributed by atoms with Crippen molar-refractivity contribution in [3.05, 3.63) is 21.9 Å². The van der Waals surface area contributed by atoms with Gasteiger partial charge in [0.05, 0.1) is 8.95 Å². The molecule has 0 spiro atoms. The maximum atomic E-state index is 11.5. The molecule has 1 aliphatic rings. The number of nitrogens with zero attached hydrogens (tertiary/aromatic N) is 2. The maximum absolute atomic E-state index is 11.5. The van der Waals surface area contributed by atoms with Gasteiger partial charge in [-0.15, -0.1) is 11.6 Å². The first kappa shape index (κ1) is 10.2. The van der Waals surface area contributed by atoms with Gasteiger partial charge in [0, 0.05) is 19.2 Å². The Labute approximate surface area is 101 Å². The van der Waals surface area contributed by atoms with Gasteiger partial charge in [0.2, 0.25) is 5.91 Å². The molecule has 5 heteroatoms. The third kappa shape index (κ3) is 1.86. The Balaban J connectivity index is 2.32. The van der Waals surface area contributed by atoms with Crippen LogP contribution in [-0.4, -0.2) is 22.8 Å². The van der Waals surface area contributed by atoms with Crippen molar-refractivity contribution >= 4 is 45.9 Å². The van der Waals surface area contributed by atoms with Crippen LogP contribution in [0.1, 0.15) is 6.42 Å². The van der Waals surface area contributed by atoms with Crippen LogP contribution in [0, 0.1) is 3.57 Å². The predicted octanol–water partition coefficient (Wildman–Crippen LogP) is 2.03. The van der Waals surface area contributed by atoms with Gasteiger partial charge < -0.3 is 0 Å². The van der Waals surface area contributed by atoms with Crippen molar-refractivity contribution in [1.29, 1.82) is 0 Å². The number of carbonyl (C=O) groups is 1. The lowest BCUT2D eigenvalue weighted by Crippen LogP contribution is -2.26. The summed E-state index contributed by atoms with van der Waals surface area (Å²) in [6.07, 6.45) is 2.10. The second kappa shape index (κ2) is 4.02. The molecule has 1 saturated heterocycles. The van der Waals surface area contributed by atoms with E-state index in [1.54, 1.807) is 11.1 Å². The van der Waals surface area contributed by atoms with Gasteiger partial charge in [-0.05, 0) is 34.7 Å². The summed E-state index contributed by atoms with van der Waals surface area (Å²) in [6.45, 7) is 0.563. The van der Waals surface area contributed by atoms with E-state index in [1.807, 2.05) is 12.1 Å². The van der Waals surface area contributed by atoms with Gasteiger partial charge >= 0.3 is 0 Å². The number of anilines is 1. The minimum Gasteiger partial charge on any atom is -0.294 e. The number of aromatic nitrogens is 1. The summed E-state index contributed by atoms with van der Waals surface area (Å²) in [5.41, 5.74) is 0. The van der Waals surface area contributed by atoms with E-state index in [4.69, 9.17) is 11.6 Å². The molecule has 1 aromatic heterocycles. The van der Waals surface area contributed by atoms with Gasteiger partial charge in [-0.25, -0.2) is 4.98 Å². The van der Waals surface area contributed by atoms with Crippen molar-refractivity contribution in [1.82, 2.24) is 4.98 Å². The second-order valence-corrected chi connectivity index (χ2v) is 4.89. The molecule has 0 N–H and O–H groups in total. The van der Waals surface area contributed by atoms with E-state index in [1.165, 1.54) is 0 Å². The Morgan fingerprint density at radius 1 is 1.64 bits per heavy atom. The number of carbonyl (C=O) groups excluding carboxylic acids is 1. The van der Waals surface area contributed by atoms with E-state index < -0.39 is 0 Å². The average Bonchev–Trinajstić information content (AvgIpc) is 2.46. The first-order chi connectivity index (χ1) is 6.68.